The molecule has 0 saturated carbocycles. The summed E-state index contributed by atoms with van der Waals surface area (Å²) >= 11 is 6.03. The van der Waals surface area contributed by atoms with Crippen molar-refractivity contribution in [3.05, 3.63) is 28.8 Å². The third kappa shape index (κ3) is 5.66. The lowest BCUT2D eigenvalue weighted by Gasteiger charge is -2.22. The first kappa shape index (κ1) is 18.5. The van der Waals surface area contributed by atoms with Gasteiger partial charge in [-0.3, -0.25) is 14.5 Å². The van der Waals surface area contributed by atoms with Crippen LogP contribution in [0.15, 0.2) is 18.2 Å². The highest BCUT2D eigenvalue weighted by Crippen LogP contribution is 2.19. The molecule has 0 bridgehead atoms. The van der Waals surface area contributed by atoms with Crippen LogP contribution < -0.4 is 5.32 Å². The third-order valence-electron chi connectivity index (χ3n) is 3.39. The lowest BCUT2D eigenvalue weighted by Crippen LogP contribution is -2.41. The largest absolute Gasteiger partial charge is 0.342 e. The van der Waals surface area contributed by atoms with Gasteiger partial charge < -0.3 is 10.2 Å². The minimum absolute atomic E-state index is 0.0266. The van der Waals surface area contributed by atoms with E-state index >= 15 is 0 Å². The van der Waals surface area contributed by atoms with E-state index in [-0.39, 0.29) is 24.9 Å². The maximum atomic E-state index is 12.0. The van der Waals surface area contributed by atoms with Crippen molar-refractivity contribution in [2.24, 2.45) is 0 Å². The number of anilines is 1. The number of carbonyl (C=O) groups is 2. The predicted octanol–water partition coefficient (Wildman–Crippen LogP) is 2.39. The van der Waals surface area contributed by atoms with Crippen LogP contribution in [0.2, 0.25) is 5.02 Å². The second-order valence-electron chi connectivity index (χ2n) is 5.25. The van der Waals surface area contributed by atoms with Crippen molar-refractivity contribution in [1.82, 2.24) is 9.80 Å². The van der Waals surface area contributed by atoms with Crippen molar-refractivity contribution in [2.45, 2.75) is 20.8 Å². The molecule has 0 spiro atoms. The summed E-state index contributed by atoms with van der Waals surface area (Å²) in [5, 5.41) is 3.40. The first-order valence-electron chi connectivity index (χ1n) is 7.39. The van der Waals surface area contributed by atoms with E-state index in [1.54, 1.807) is 29.0 Å². The maximum Gasteiger partial charge on any atom is 0.238 e. The van der Waals surface area contributed by atoms with Crippen molar-refractivity contribution in [3.63, 3.8) is 0 Å². The molecule has 122 valence electrons. The summed E-state index contributed by atoms with van der Waals surface area (Å²) < 4.78 is 0. The normalized spacial score (nSPS) is 10.6. The Bertz CT molecular complexity index is 530. The number of carbonyl (C=O) groups excluding carboxylic acids is 2. The van der Waals surface area contributed by atoms with Gasteiger partial charge in [-0.15, -0.1) is 0 Å². The average molecular weight is 326 g/mol. The number of aryl methyl sites for hydroxylation is 1. The smallest absolute Gasteiger partial charge is 0.238 e. The molecular weight excluding hydrogens is 302 g/mol. The molecule has 0 aliphatic heterocycles. The molecule has 6 heteroatoms. The van der Waals surface area contributed by atoms with Gasteiger partial charge in [0.2, 0.25) is 11.8 Å². The van der Waals surface area contributed by atoms with E-state index in [4.69, 9.17) is 11.6 Å². The van der Waals surface area contributed by atoms with E-state index in [0.29, 0.717) is 23.8 Å². The van der Waals surface area contributed by atoms with Crippen LogP contribution in [-0.2, 0) is 9.59 Å². The van der Waals surface area contributed by atoms with Crippen LogP contribution in [0, 0.1) is 6.92 Å². The molecular formula is C16H24ClN3O2. The van der Waals surface area contributed by atoms with Gasteiger partial charge >= 0.3 is 0 Å². The van der Waals surface area contributed by atoms with Crippen LogP contribution in [0.1, 0.15) is 19.4 Å². The highest BCUT2D eigenvalue weighted by Gasteiger charge is 2.14. The molecule has 0 heterocycles. The number of benzene rings is 1. The van der Waals surface area contributed by atoms with Gasteiger partial charge in [0.05, 0.1) is 13.1 Å². The van der Waals surface area contributed by atoms with Gasteiger partial charge in [-0.05, 0) is 45.5 Å². The summed E-state index contributed by atoms with van der Waals surface area (Å²) in [7, 11) is 1.75. The summed E-state index contributed by atoms with van der Waals surface area (Å²) in [6, 6.07) is 5.38. The first-order valence-corrected chi connectivity index (χ1v) is 7.77. The highest BCUT2D eigenvalue weighted by atomic mass is 35.5. The van der Waals surface area contributed by atoms with E-state index in [1.807, 2.05) is 26.8 Å². The summed E-state index contributed by atoms with van der Waals surface area (Å²) in [6.07, 6.45) is 0. The van der Waals surface area contributed by atoms with Crippen molar-refractivity contribution in [1.29, 1.82) is 0 Å². The van der Waals surface area contributed by atoms with Gasteiger partial charge in [-0.2, -0.15) is 0 Å². The van der Waals surface area contributed by atoms with Gasteiger partial charge in [0.15, 0.2) is 0 Å². The Morgan fingerprint density at radius 3 is 2.36 bits per heavy atom. The number of hydrogen-bond donors (Lipinski definition) is 1. The zero-order valence-electron chi connectivity index (χ0n) is 13.6. The molecule has 0 aliphatic carbocycles. The zero-order valence-corrected chi connectivity index (χ0v) is 14.4. The lowest BCUT2D eigenvalue weighted by atomic mass is 10.2. The molecule has 0 radical (unpaired) electrons. The number of nitrogens with one attached hydrogen (secondary N) is 1. The molecule has 22 heavy (non-hydrogen) atoms. The van der Waals surface area contributed by atoms with Crippen LogP contribution in [0.25, 0.3) is 0 Å². The second kappa shape index (κ2) is 8.76. The number of amides is 2. The number of rotatable bonds is 7. The molecule has 1 aromatic carbocycles. The fraction of sp³-hybridized carbons (Fsp3) is 0.500. The molecule has 0 fully saturated rings. The fourth-order valence-corrected chi connectivity index (χ4v) is 2.26. The Morgan fingerprint density at radius 1 is 1.18 bits per heavy atom. The van der Waals surface area contributed by atoms with Crippen LogP contribution >= 0.6 is 11.6 Å². The van der Waals surface area contributed by atoms with Crippen molar-refractivity contribution >= 4 is 29.1 Å². The SMILES string of the molecule is CCN(CC)C(=O)CN(C)CC(=O)Nc1ccc(C)c(Cl)c1. The average Bonchev–Trinajstić information content (AvgIpc) is 2.43. The molecule has 0 unspecified atom stereocenters. The Morgan fingerprint density at radius 2 is 1.82 bits per heavy atom. The monoisotopic (exact) mass is 325 g/mol. The van der Waals surface area contributed by atoms with Gasteiger partial charge in [0.1, 0.15) is 0 Å². The zero-order chi connectivity index (χ0) is 16.7. The van der Waals surface area contributed by atoms with Crippen LogP contribution in [-0.4, -0.2) is 54.8 Å². The second-order valence-corrected chi connectivity index (χ2v) is 5.66. The van der Waals surface area contributed by atoms with Crippen molar-refractivity contribution in [2.75, 3.05) is 38.5 Å². The molecule has 1 rings (SSSR count). The molecule has 1 N–H and O–H groups in total. The minimum Gasteiger partial charge on any atom is -0.342 e. The van der Waals surface area contributed by atoms with E-state index < -0.39 is 0 Å². The molecule has 2 amide bonds. The molecule has 0 saturated heterocycles. The Hall–Kier alpha value is -1.59. The summed E-state index contributed by atoms with van der Waals surface area (Å²) in [6.45, 7) is 7.52. The topological polar surface area (TPSA) is 52.7 Å². The highest BCUT2D eigenvalue weighted by molar-refractivity contribution is 6.31. The van der Waals surface area contributed by atoms with Gasteiger partial charge in [-0.25, -0.2) is 0 Å². The number of nitrogens with zero attached hydrogens (tertiary/aromatic N) is 2. The van der Waals surface area contributed by atoms with E-state index in [0.717, 1.165) is 5.56 Å². The molecule has 1 aromatic rings. The van der Waals surface area contributed by atoms with E-state index in [9.17, 15) is 9.59 Å². The molecule has 0 atom stereocenters. The number of likely N-dealkylation sites (N-methyl/N-ethyl adjacent to an activating group) is 2. The number of halogens is 1. The first-order chi connectivity index (χ1) is 10.4. The van der Waals surface area contributed by atoms with Crippen LogP contribution in [0.3, 0.4) is 0 Å². The minimum atomic E-state index is -0.172. The summed E-state index contributed by atoms with van der Waals surface area (Å²) in [4.78, 5) is 27.4. The third-order valence-corrected chi connectivity index (χ3v) is 3.80. The van der Waals surface area contributed by atoms with Crippen LogP contribution in [0.5, 0.6) is 0 Å². The lowest BCUT2D eigenvalue weighted by molar-refractivity contribution is -0.132. The molecule has 0 aliphatic rings. The quantitative estimate of drug-likeness (QED) is 0.837. The molecule has 5 nitrogen and oxygen atoms in total. The fourth-order valence-electron chi connectivity index (χ4n) is 2.08. The molecule has 0 aromatic heterocycles. The van der Waals surface area contributed by atoms with Crippen LogP contribution in [0.4, 0.5) is 5.69 Å². The van der Waals surface area contributed by atoms with Gasteiger partial charge in [-0.1, -0.05) is 17.7 Å². The van der Waals surface area contributed by atoms with Gasteiger partial charge in [0, 0.05) is 23.8 Å². The predicted molar refractivity (Wildman–Crippen MR) is 90.2 cm³/mol. The Kier molecular flexibility index (Phi) is 7.35. The maximum absolute atomic E-state index is 12.0. The Balaban J connectivity index is 2.50. The van der Waals surface area contributed by atoms with E-state index in [1.165, 1.54) is 0 Å². The van der Waals surface area contributed by atoms with Gasteiger partial charge in [0.25, 0.3) is 0 Å². The standard InChI is InChI=1S/C16H24ClN3O2/c1-5-20(6-2)16(22)11-19(4)10-15(21)18-13-8-7-12(3)14(17)9-13/h7-9H,5-6,10-11H2,1-4H3,(H,18,21). The Labute approximate surface area is 137 Å². The van der Waals surface area contributed by atoms with E-state index in [2.05, 4.69) is 5.32 Å². The number of hydrogen-bond acceptors (Lipinski definition) is 3. The van der Waals surface area contributed by atoms with Crippen molar-refractivity contribution < 1.29 is 9.59 Å². The summed E-state index contributed by atoms with van der Waals surface area (Å²) in [5.41, 5.74) is 1.62. The summed E-state index contributed by atoms with van der Waals surface area (Å²) in [5.74, 6) is -0.145. The van der Waals surface area contributed by atoms with Crippen molar-refractivity contribution in [3.8, 4) is 0 Å².